The van der Waals surface area contributed by atoms with E-state index in [1.54, 1.807) is 0 Å². The topological polar surface area (TPSA) is 76.2 Å². The van der Waals surface area contributed by atoms with Gasteiger partial charge in [0, 0.05) is 0 Å². The van der Waals surface area contributed by atoms with Gasteiger partial charge in [0.1, 0.15) is 12.3 Å². The first-order chi connectivity index (χ1) is 3.66. The zero-order valence-electron chi connectivity index (χ0n) is 5.01. The van der Waals surface area contributed by atoms with Crippen LogP contribution >= 0.6 is 12.4 Å². The Labute approximate surface area is 59.3 Å². The third-order valence-corrected chi connectivity index (χ3v) is 0.562. The molecular weight excluding hydrogens is 144 g/mol. The van der Waals surface area contributed by atoms with E-state index >= 15 is 0 Å². The van der Waals surface area contributed by atoms with E-state index in [4.69, 9.17) is 11.1 Å². The zero-order chi connectivity index (χ0) is 6.57. The Morgan fingerprint density at radius 1 is 1.78 bits per heavy atom. The lowest BCUT2D eigenvalue weighted by Gasteiger charge is -1.93. The maximum atomic E-state index is 10.2. The fourth-order valence-electron chi connectivity index (χ4n) is 0.228. The number of nitrogens with one attached hydrogen (secondary N) is 1. The van der Waals surface area contributed by atoms with Crippen LogP contribution in [0.3, 0.4) is 0 Å². The molecule has 0 saturated heterocycles. The first kappa shape index (κ1) is 11.1. The highest BCUT2D eigenvalue weighted by Crippen LogP contribution is 1.79. The van der Waals surface area contributed by atoms with Gasteiger partial charge in [-0.05, 0) is 0 Å². The number of ether oxygens (including phenoxy) is 1. The molecule has 4 nitrogen and oxygen atoms in total. The second kappa shape index (κ2) is 5.37. The fourth-order valence-corrected chi connectivity index (χ4v) is 0.228. The smallest absolute Gasteiger partial charge is 0.313 e. The summed E-state index contributed by atoms with van der Waals surface area (Å²) in [6.07, 6.45) is -0.115. The van der Waals surface area contributed by atoms with Gasteiger partial charge in [-0.15, -0.1) is 12.4 Å². The summed E-state index contributed by atoms with van der Waals surface area (Å²) in [5.74, 6) is -0.644. The van der Waals surface area contributed by atoms with Crippen LogP contribution in [0.5, 0.6) is 0 Å². The minimum absolute atomic E-state index is 0. The van der Waals surface area contributed by atoms with Gasteiger partial charge in [0.05, 0.1) is 7.11 Å². The van der Waals surface area contributed by atoms with Crippen LogP contribution in [0.25, 0.3) is 0 Å². The van der Waals surface area contributed by atoms with E-state index in [2.05, 4.69) is 4.74 Å². The van der Waals surface area contributed by atoms with Gasteiger partial charge in [-0.25, -0.2) is 0 Å². The van der Waals surface area contributed by atoms with Crippen LogP contribution in [0.1, 0.15) is 6.42 Å². The SMILES string of the molecule is COC(=O)CC(=N)N.Cl. The minimum atomic E-state index is -0.475. The molecule has 0 aromatic heterocycles. The van der Waals surface area contributed by atoms with Gasteiger partial charge in [0.15, 0.2) is 0 Å². The average Bonchev–Trinajstić information content (AvgIpc) is 1.65. The van der Waals surface area contributed by atoms with Crippen LogP contribution in [-0.2, 0) is 9.53 Å². The molecular formula is C4H9ClN2O2. The molecule has 0 unspecified atom stereocenters. The number of carbonyl (C=O) groups excluding carboxylic acids is 1. The third kappa shape index (κ3) is 7.23. The molecule has 0 aliphatic rings. The molecule has 0 heterocycles. The Bertz CT molecular complexity index is 115. The van der Waals surface area contributed by atoms with Gasteiger partial charge in [-0.3, -0.25) is 10.2 Å². The van der Waals surface area contributed by atoms with Crippen LogP contribution in [-0.4, -0.2) is 18.9 Å². The number of carbonyl (C=O) groups is 1. The molecule has 0 amide bonds. The Morgan fingerprint density at radius 2 is 2.22 bits per heavy atom. The number of esters is 1. The predicted octanol–water partition coefficient (Wildman–Crippen LogP) is -0.0927. The van der Waals surface area contributed by atoms with Crippen LogP contribution in [0.15, 0.2) is 0 Å². The number of hydrogen-bond donors (Lipinski definition) is 2. The van der Waals surface area contributed by atoms with Crippen molar-refractivity contribution in [1.82, 2.24) is 0 Å². The Hall–Kier alpha value is -0.770. The van der Waals surface area contributed by atoms with Crippen molar-refractivity contribution < 1.29 is 9.53 Å². The van der Waals surface area contributed by atoms with Gasteiger partial charge in [-0.1, -0.05) is 0 Å². The maximum Gasteiger partial charge on any atom is 0.313 e. The number of rotatable bonds is 2. The summed E-state index contributed by atoms with van der Waals surface area (Å²) in [4.78, 5) is 10.2. The lowest BCUT2D eigenvalue weighted by molar-refractivity contribution is -0.139. The minimum Gasteiger partial charge on any atom is -0.469 e. The highest BCUT2D eigenvalue weighted by atomic mass is 35.5. The molecule has 0 aliphatic carbocycles. The predicted molar refractivity (Wildman–Crippen MR) is 35.8 cm³/mol. The molecule has 0 aliphatic heterocycles. The molecule has 0 fully saturated rings. The fraction of sp³-hybridized carbons (Fsp3) is 0.500. The van der Waals surface area contributed by atoms with Crippen molar-refractivity contribution in [3.05, 3.63) is 0 Å². The summed E-state index contributed by atoms with van der Waals surface area (Å²) in [6, 6.07) is 0. The number of hydrogen-bond acceptors (Lipinski definition) is 3. The Kier molecular flexibility index (Phi) is 6.61. The van der Waals surface area contributed by atoms with Gasteiger partial charge in [0.25, 0.3) is 0 Å². The molecule has 0 bridgehead atoms. The number of methoxy groups -OCH3 is 1. The van der Waals surface area contributed by atoms with Crippen molar-refractivity contribution in [2.45, 2.75) is 6.42 Å². The van der Waals surface area contributed by atoms with Crippen molar-refractivity contribution in [2.75, 3.05) is 7.11 Å². The largest absolute Gasteiger partial charge is 0.469 e. The molecule has 0 atom stereocenters. The van der Waals surface area contributed by atoms with E-state index in [1.165, 1.54) is 7.11 Å². The highest BCUT2D eigenvalue weighted by Gasteiger charge is 1.99. The van der Waals surface area contributed by atoms with Gasteiger partial charge in [-0.2, -0.15) is 0 Å². The van der Waals surface area contributed by atoms with Crippen molar-refractivity contribution in [1.29, 1.82) is 5.41 Å². The molecule has 5 heteroatoms. The normalized spacial score (nSPS) is 7.22. The summed E-state index contributed by atoms with van der Waals surface area (Å²) in [5.41, 5.74) is 4.85. The van der Waals surface area contributed by atoms with E-state index < -0.39 is 5.97 Å². The molecule has 0 rings (SSSR count). The van der Waals surface area contributed by atoms with Crippen molar-refractivity contribution >= 4 is 24.2 Å². The summed E-state index contributed by atoms with van der Waals surface area (Å²) in [5, 5.41) is 6.60. The lowest BCUT2D eigenvalue weighted by Crippen LogP contribution is -2.15. The average molecular weight is 153 g/mol. The Balaban J connectivity index is 0. The first-order valence-electron chi connectivity index (χ1n) is 2.06. The summed E-state index contributed by atoms with van der Waals surface area (Å²) in [6.45, 7) is 0. The van der Waals surface area contributed by atoms with Crippen LogP contribution in [0.4, 0.5) is 0 Å². The summed E-state index contributed by atoms with van der Waals surface area (Å²) < 4.78 is 4.20. The van der Waals surface area contributed by atoms with E-state index in [1.807, 2.05) is 0 Å². The van der Waals surface area contributed by atoms with Crippen molar-refractivity contribution in [3.8, 4) is 0 Å². The first-order valence-corrected chi connectivity index (χ1v) is 2.06. The second-order valence-corrected chi connectivity index (χ2v) is 1.28. The van der Waals surface area contributed by atoms with Crippen molar-refractivity contribution in [3.63, 3.8) is 0 Å². The summed E-state index contributed by atoms with van der Waals surface area (Å²) in [7, 11) is 1.26. The lowest BCUT2D eigenvalue weighted by atomic mass is 10.4. The van der Waals surface area contributed by atoms with E-state index in [9.17, 15) is 4.79 Å². The maximum absolute atomic E-state index is 10.2. The standard InChI is InChI=1S/C4H8N2O2.ClH/c1-8-4(7)2-3(5)6;/h2H2,1H3,(H3,5,6);1H. The monoisotopic (exact) mass is 152 g/mol. The molecule has 0 saturated carbocycles. The van der Waals surface area contributed by atoms with E-state index in [-0.39, 0.29) is 24.7 Å². The number of halogens is 1. The molecule has 0 spiro atoms. The summed E-state index contributed by atoms with van der Waals surface area (Å²) >= 11 is 0. The van der Waals surface area contributed by atoms with Gasteiger partial charge < -0.3 is 10.5 Å². The molecule has 54 valence electrons. The quantitative estimate of drug-likeness (QED) is 0.330. The molecule has 3 N–H and O–H groups in total. The number of amidine groups is 1. The van der Waals surface area contributed by atoms with Crippen molar-refractivity contribution in [2.24, 2.45) is 5.73 Å². The van der Waals surface area contributed by atoms with Crippen LogP contribution in [0, 0.1) is 5.41 Å². The van der Waals surface area contributed by atoms with E-state index in [0.29, 0.717) is 0 Å². The van der Waals surface area contributed by atoms with Crippen LogP contribution < -0.4 is 5.73 Å². The number of nitrogens with two attached hydrogens (primary N) is 1. The molecule has 0 aromatic carbocycles. The third-order valence-electron chi connectivity index (χ3n) is 0.562. The van der Waals surface area contributed by atoms with Gasteiger partial charge in [0.2, 0.25) is 0 Å². The second-order valence-electron chi connectivity index (χ2n) is 1.28. The molecule has 0 aromatic rings. The molecule has 0 radical (unpaired) electrons. The zero-order valence-corrected chi connectivity index (χ0v) is 5.83. The van der Waals surface area contributed by atoms with Gasteiger partial charge >= 0.3 is 5.97 Å². The van der Waals surface area contributed by atoms with E-state index in [0.717, 1.165) is 0 Å². The highest BCUT2D eigenvalue weighted by molar-refractivity contribution is 5.94. The Morgan fingerprint density at radius 3 is 2.33 bits per heavy atom. The van der Waals surface area contributed by atoms with Crippen LogP contribution in [0.2, 0.25) is 0 Å². The molecule has 9 heavy (non-hydrogen) atoms.